The lowest BCUT2D eigenvalue weighted by atomic mass is 9.78. The summed E-state index contributed by atoms with van der Waals surface area (Å²) in [5, 5.41) is 25.0. The van der Waals surface area contributed by atoms with Gasteiger partial charge >= 0.3 is 13.1 Å². The number of urea groups is 1. The standard InChI is InChI=1S/C16H23BN4O5S/c1-10(2)14-7-12(17(23)24)5-6-15(14)19-16(22)20-27(25,26)13-8-18-21(9-13)11(3)4/h5-11,23-24H,1-4H3,(H2,19,20,22). The molecule has 0 aliphatic rings. The minimum atomic E-state index is -4.07. The summed E-state index contributed by atoms with van der Waals surface area (Å²) in [5.74, 6) is -0.0418. The van der Waals surface area contributed by atoms with Gasteiger partial charge in [-0.05, 0) is 36.9 Å². The van der Waals surface area contributed by atoms with Crippen molar-refractivity contribution in [3.8, 4) is 0 Å². The Balaban J connectivity index is 2.19. The SMILES string of the molecule is CC(C)c1cc(B(O)O)ccc1NC(=O)NS(=O)(=O)c1cnn(C(C)C)c1. The molecule has 11 heteroatoms. The lowest BCUT2D eigenvalue weighted by Gasteiger charge is -2.16. The van der Waals surface area contributed by atoms with E-state index in [-0.39, 0.29) is 22.3 Å². The average Bonchev–Trinajstić information content (AvgIpc) is 3.05. The molecular weight excluding hydrogens is 371 g/mol. The van der Waals surface area contributed by atoms with Crippen LogP contribution in [0, 0.1) is 0 Å². The Bertz CT molecular complexity index is 925. The summed E-state index contributed by atoms with van der Waals surface area (Å²) in [6, 6.07) is 3.54. The van der Waals surface area contributed by atoms with Gasteiger partial charge in [-0.1, -0.05) is 26.0 Å². The first-order valence-electron chi connectivity index (χ1n) is 8.39. The topological polar surface area (TPSA) is 134 Å². The second-order valence-electron chi connectivity index (χ2n) is 6.68. The van der Waals surface area contributed by atoms with Gasteiger partial charge in [0.1, 0.15) is 4.90 Å². The number of carbonyl (C=O) groups is 1. The van der Waals surface area contributed by atoms with Gasteiger partial charge in [0.15, 0.2) is 0 Å². The summed E-state index contributed by atoms with van der Waals surface area (Å²) < 4.78 is 28.1. The predicted molar refractivity (Wildman–Crippen MR) is 102 cm³/mol. The third kappa shape index (κ3) is 5.09. The van der Waals surface area contributed by atoms with Crippen molar-refractivity contribution in [1.29, 1.82) is 0 Å². The molecule has 0 radical (unpaired) electrons. The highest BCUT2D eigenvalue weighted by Crippen LogP contribution is 2.23. The van der Waals surface area contributed by atoms with Gasteiger partial charge < -0.3 is 15.4 Å². The summed E-state index contributed by atoms with van der Waals surface area (Å²) in [5.41, 5.74) is 1.29. The summed E-state index contributed by atoms with van der Waals surface area (Å²) in [4.78, 5) is 12.1. The van der Waals surface area contributed by atoms with Crippen LogP contribution >= 0.6 is 0 Å². The maximum atomic E-state index is 12.3. The van der Waals surface area contributed by atoms with Crippen molar-refractivity contribution < 1.29 is 23.3 Å². The van der Waals surface area contributed by atoms with Crippen LogP contribution in [0.3, 0.4) is 0 Å². The third-order valence-electron chi connectivity index (χ3n) is 3.89. The highest BCUT2D eigenvalue weighted by Gasteiger charge is 2.22. The van der Waals surface area contributed by atoms with E-state index in [1.807, 2.05) is 32.4 Å². The Hall–Kier alpha value is -2.37. The number of rotatable bonds is 6. The van der Waals surface area contributed by atoms with Crippen LogP contribution in [-0.2, 0) is 10.0 Å². The molecule has 1 aromatic carbocycles. The first-order valence-corrected chi connectivity index (χ1v) is 9.87. The molecule has 0 aliphatic carbocycles. The largest absolute Gasteiger partial charge is 0.488 e. The van der Waals surface area contributed by atoms with Crippen LogP contribution in [0.15, 0.2) is 35.5 Å². The number of aromatic nitrogens is 2. The van der Waals surface area contributed by atoms with Gasteiger partial charge in [-0.15, -0.1) is 0 Å². The van der Waals surface area contributed by atoms with E-state index < -0.39 is 23.2 Å². The highest BCUT2D eigenvalue weighted by molar-refractivity contribution is 7.90. The molecule has 2 aromatic rings. The molecule has 1 aromatic heterocycles. The van der Waals surface area contributed by atoms with E-state index in [0.29, 0.717) is 11.3 Å². The summed E-state index contributed by atoms with van der Waals surface area (Å²) in [7, 11) is -5.71. The van der Waals surface area contributed by atoms with Gasteiger partial charge in [0.25, 0.3) is 10.0 Å². The molecule has 2 amide bonds. The lowest BCUT2D eigenvalue weighted by Crippen LogP contribution is -2.35. The van der Waals surface area contributed by atoms with Gasteiger partial charge in [0.05, 0.1) is 6.20 Å². The molecule has 27 heavy (non-hydrogen) atoms. The van der Waals surface area contributed by atoms with Gasteiger partial charge in [0.2, 0.25) is 0 Å². The van der Waals surface area contributed by atoms with E-state index in [1.54, 1.807) is 6.07 Å². The van der Waals surface area contributed by atoms with Gasteiger partial charge in [0, 0.05) is 17.9 Å². The molecule has 2 rings (SSSR count). The van der Waals surface area contributed by atoms with Crippen molar-refractivity contribution in [2.24, 2.45) is 0 Å². The second-order valence-corrected chi connectivity index (χ2v) is 8.37. The predicted octanol–water partition coefficient (Wildman–Crippen LogP) is 0.778. The summed E-state index contributed by atoms with van der Waals surface area (Å²) >= 11 is 0. The molecule has 0 saturated carbocycles. The number of sulfonamides is 1. The maximum Gasteiger partial charge on any atom is 0.488 e. The van der Waals surface area contributed by atoms with Crippen molar-refractivity contribution in [1.82, 2.24) is 14.5 Å². The zero-order chi connectivity index (χ0) is 20.4. The third-order valence-corrected chi connectivity index (χ3v) is 5.17. The van der Waals surface area contributed by atoms with E-state index in [1.165, 1.54) is 29.2 Å². The molecule has 1 heterocycles. The van der Waals surface area contributed by atoms with E-state index in [4.69, 9.17) is 0 Å². The number of nitrogens with zero attached hydrogens (tertiary/aromatic N) is 2. The summed E-state index contributed by atoms with van der Waals surface area (Å²) in [6.45, 7) is 7.43. The van der Waals surface area contributed by atoms with E-state index in [2.05, 4.69) is 10.4 Å². The fraction of sp³-hybridized carbons (Fsp3) is 0.375. The second kappa shape index (κ2) is 8.11. The van der Waals surface area contributed by atoms with Crippen LogP contribution in [0.25, 0.3) is 0 Å². The number of amides is 2. The molecule has 9 nitrogen and oxygen atoms in total. The van der Waals surface area contributed by atoms with Crippen LogP contribution in [-0.4, -0.2) is 41.4 Å². The minimum Gasteiger partial charge on any atom is -0.423 e. The Labute approximate surface area is 158 Å². The van der Waals surface area contributed by atoms with Crippen LogP contribution in [0.4, 0.5) is 10.5 Å². The van der Waals surface area contributed by atoms with Crippen molar-refractivity contribution >= 4 is 34.3 Å². The highest BCUT2D eigenvalue weighted by atomic mass is 32.2. The maximum absolute atomic E-state index is 12.3. The molecule has 0 aliphatic heterocycles. The van der Waals surface area contributed by atoms with Crippen LogP contribution in [0.5, 0.6) is 0 Å². The molecule has 146 valence electrons. The Morgan fingerprint density at radius 1 is 1.22 bits per heavy atom. The van der Waals surface area contributed by atoms with Gasteiger partial charge in [-0.25, -0.2) is 17.9 Å². The average molecular weight is 394 g/mol. The molecule has 0 unspecified atom stereocenters. The zero-order valence-corrected chi connectivity index (χ0v) is 16.4. The van der Waals surface area contributed by atoms with Crippen LogP contribution in [0.2, 0.25) is 0 Å². The first kappa shape index (κ1) is 20.9. The number of hydrogen-bond donors (Lipinski definition) is 4. The number of benzene rings is 1. The van der Waals surface area contributed by atoms with Gasteiger partial charge in [-0.3, -0.25) is 4.68 Å². The van der Waals surface area contributed by atoms with Gasteiger partial charge in [-0.2, -0.15) is 5.10 Å². The molecule has 0 bridgehead atoms. The first-order chi connectivity index (χ1) is 12.5. The molecule has 0 saturated heterocycles. The molecule has 0 atom stereocenters. The van der Waals surface area contributed by atoms with E-state index >= 15 is 0 Å². The normalized spacial score (nSPS) is 11.7. The minimum absolute atomic E-state index is 0.0169. The van der Waals surface area contributed by atoms with Crippen molar-refractivity contribution in [2.45, 2.75) is 44.6 Å². The van der Waals surface area contributed by atoms with E-state index in [0.717, 1.165) is 0 Å². The van der Waals surface area contributed by atoms with Crippen LogP contribution in [0.1, 0.15) is 45.2 Å². The smallest absolute Gasteiger partial charge is 0.423 e. The quantitative estimate of drug-likeness (QED) is 0.535. The van der Waals surface area contributed by atoms with E-state index in [9.17, 15) is 23.3 Å². The van der Waals surface area contributed by atoms with Crippen LogP contribution < -0.4 is 15.5 Å². The number of nitrogens with one attached hydrogen (secondary N) is 2. The summed E-state index contributed by atoms with van der Waals surface area (Å²) in [6.07, 6.45) is 2.52. The Morgan fingerprint density at radius 2 is 1.89 bits per heavy atom. The molecular formula is C16H23BN4O5S. The Kier molecular flexibility index (Phi) is 6.29. The lowest BCUT2D eigenvalue weighted by molar-refractivity contribution is 0.256. The zero-order valence-electron chi connectivity index (χ0n) is 15.5. The Morgan fingerprint density at radius 3 is 2.41 bits per heavy atom. The molecule has 4 N–H and O–H groups in total. The van der Waals surface area contributed by atoms with Crippen molar-refractivity contribution in [3.63, 3.8) is 0 Å². The number of hydrogen-bond acceptors (Lipinski definition) is 6. The molecule has 0 fully saturated rings. The van der Waals surface area contributed by atoms with Crippen molar-refractivity contribution in [2.75, 3.05) is 5.32 Å². The fourth-order valence-electron chi connectivity index (χ4n) is 2.40. The molecule has 0 spiro atoms. The number of carbonyl (C=O) groups excluding carboxylic acids is 1. The monoisotopic (exact) mass is 394 g/mol. The fourth-order valence-corrected chi connectivity index (χ4v) is 3.25. The van der Waals surface area contributed by atoms with Crippen molar-refractivity contribution in [3.05, 3.63) is 36.2 Å². The number of anilines is 1.